The van der Waals surface area contributed by atoms with E-state index in [2.05, 4.69) is 44.3 Å². The standard InChI is InChI=1S/C20H32N4O3Si/c1-20(2,3)28(5,6)27-16-9-7-15(8-10-16)22-17-12-18-14(13-21-23(18)4)11-19(17)24(25)26/h11-13,15-16,22H,7-10H2,1-6H3. The molecule has 0 aliphatic heterocycles. The second kappa shape index (κ2) is 7.48. The molecule has 28 heavy (non-hydrogen) atoms. The highest BCUT2D eigenvalue weighted by molar-refractivity contribution is 6.74. The van der Waals surface area contributed by atoms with Gasteiger partial charge in [0.2, 0.25) is 0 Å². The van der Waals surface area contributed by atoms with Crippen LogP contribution in [-0.4, -0.2) is 35.2 Å². The molecule has 1 aromatic heterocycles. The topological polar surface area (TPSA) is 82.2 Å². The summed E-state index contributed by atoms with van der Waals surface area (Å²) in [6.45, 7) is 11.4. The third-order valence-corrected chi connectivity index (χ3v) is 10.9. The first-order valence-electron chi connectivity index (χ1n) is 10.0. The Morgan fingerprint density at radius 3 is 2.46 bits per heavy atom. The zero-order chi connectivity index (χ0) is 20.7. The Morgan fingerprint density at radius 1 is 1.25 bits per heavy atom. The molecule has 0 bridgehead atoms. The van der Waals surface area contributed by atoms with Gasteiger partial charge in [-0.05, 0) is 49.9 Å². The lowest BCUT2D eigenvalue weighted by Crippen LogP contribution is -2.45. The van der Waals surface area contributed by atoms with Gasteiger partial charge in [-0.1, -0.05) is 20.8 Å². The molecule has 1 aliphatic carbocycles. The van der Waals surface area contributed by atoms with Gasteiger partial charge in [0, 0.05) is 30.6 Å². The van der Waals surface area contributed by atoms with E-state index >= 15 is 0 Å². The van der Waals surface area contributed by atoms with Crippen LogP contribution in [0.3, 0.4) is 0 Å². The maximum Gasteiger partial charge on any atom is 0.293 e. The molecule has 1 fully saturated rings. The Bertz CT molecular complexity index is 864. The van der Waals surface area contributed by atoms with Crippen LogP contribution in [0.1, 0.15) is 46.5 Å². The van der Waals surface area contributed by atoms with Crippen molar-refractivity contribution in [2.45, 2.75) is 76.7 Å². The van der Waals surface area contributed by atoms with Crippen LogP contribution in [0.2, 0.25) is 18.1 Å². The first-order valence-corrected chi connectivity index (χ1v) is 12.9. The second-order valence-electron chi connectivity index (χ2n) is 9.45. The van der Waals surface area contributed by atoms with Crippen LogP contribution in [0.25, 0.3) is 10.9 Å². The van der Waals surface area contributed by atoms with E-state index in [4.69, 9.17) is 4.43 Å². The lowest BCUT2D eigenvalue weighted by Gasteiger charge is -2.41. The van der Waals surface area contributed by atoms with Crippen molar-refractivity contribution in [2.24, 2.45) is 7.05 Å². The largest absolute Gasteiger partial charge is 0.414 e. The fourth-order valence-corrected chi connectivity index (χ4v) is 5.02. The first-order chi connectivity index (χ1) is 13.0. The molecular weight excluding hydrogens is 372 g/mol. The minimum atomic E-state index is -1.76. The van der Waals surface area contributed by atoms with Gasteiger partial charge in [-0.2, -0.15) is 5.10 Å². The molecule has 1 heterocycles. The fourth-order valence-electron chi connectivity index (χ4n) is 3.59. The highest BCUT2D eigenvalue weighted by Gasteiger charge is 2.39. The lowest BCUT2D eigenvalue weighted by molar-refractivity contribution is -0.383. The van der Waals surface area contributed by atoms with Crippen LogP contribution in [0.4, 0.5) is 11.4 Å². The van der Waals surface area contributed by atoms with Crippen LogP contribution >= 0.6 is 0 Å². The number of nitrogens with zero attached hydrogens (tertiary/aromatic N) is 3. The number of fused-ring (bicyclic) bond motifs is 1. The summed E-state index contributed by atoms with van der Waals surface area (Å²) >= 11 is 0. The molecule has 7 nitrogen and oxygen atoms in total. The van der Waals surface area contributed by atoms with Crippen molar-refractivity contribution in [1.29, 1.82) is 0 Å². The highest BCUT2D eigenvalue weighted by Crippen LogP contribution is 2.39. The van der Waals surface area contributed by atoms with Gasteiger partial charge in [-0.3, -0.25) is 14.8 Å². The second-order valence-corrected chi connectivity index (χ2v) is 14.2. The minimum absolute atomic E-state index is 0.111. The third-order valence-electron chi connectivity index (χ3n) is 6.36. The van der Waals surface area contributed by atoms with Crippen molar-refractivity contribution in [3.63, 3.8) is 0 Å². The van der Waals surface area contributed by atoms with Gasteiger partial charge in [-0.15, -0.1) is 0 Å². The van der Waals surface area contributed by atoms with Crippen molar-refractivity contribution in [1.82, 2.24) is 9.78 Å². The van der Waals surface area contributed by atoms with E-state index in [9.17, 15) is 10.1 Å². The Balaban J connectivity index is 1.69. The number of nitro benzene ring substituents is 1. The monoisotopic (exact) mass is 404 g/mol. The molecule has 8 heteroatoms. The number of hydrogen-bond donors (Lipinski definition) is 1. The third kappa shape index (κ3) is 4.22. The SMILES string of the molecule is Cn1ncc2cc([N+](=O)[O-])c(NC3CCC(O[Si](C)(C)C(C)(C)C)CC3)cc21. The van der Waals surface area contributed by atoms with E-state index < -0.39 is 8.32 Å². The predicted molar refractivity (Wildman–Crippen MR) is 115 cm³/mol. The summed E-state index contributed by atoms with van der Waals surface area (Å²) in [4.78, 5) is 11.2. The fraction of sp³-hybridized carbons (Fsp3) is 0.650. The molecule has 1 N–H and O–H groups in total. The number of benzene rings is 1. The lowest BCUT2D eigenvalue weighted by atomic mass is 9.93. The number of hydrogen-bond acceptors (Lipinski definition) is 5. The van der Waals surface area contributed by atoms with Crippen molar-refractivity contribution in [2.75, 3.05) is 5.32 Å². The molecule has 0 radical (unpaired) electrons. The quantitative estimate of drug-likeness (QED) is 0.419. The van der Waals surface area contributed by atoms with Gasteiger partial charge < -0.3 is 9.74 Å². The van der Waals surface area contributed by atoms with E-state index in [1.807, 2.05) is 13.1 Å². The Labute approximate surface area is 167 Å². The maximum atomic E-state index is 11.5. The summed E-state index contributed by atoms with van der Waals surface area (Å²) in [5, 5.41) is 20.2. The highest BCUT2D eigenvalue weighted by atomic mass is 28.4. The van der Waals surface area contributed by atoms with Crippen LogP contribution < -0.4 is 5.32 Å². The minimum Gasteiger partial charge on any atom is -0.414 e. The maximum absolute atomic E-state index is 11.5. The summed E-state index contributed by atoms with van der Waals surface area (Å²) in [7, 11) is 0.0877. The number of aromatic nitrogens is 2. The van der Waals surface area contributed by atoms with Crippen molar-refractivity contribution in [3.05, 3.63) is 28.4 Å². The normalized spacial score (nSPS) is 21.1. The molecule has 0 amide bonds. The first kappa shape index (κ1) is 20.8. The van der Waals surface area contributed by atoms with Crippen molar-refractivity contribution >= 4 is 30.6 Å². The van der Waals surface area contributed by atoms with Crippen molar-refractivity contribution in [3.8, 4) is 0 Å². The summed E-state index contributed by atoms with van der Waals surface area (Å²) in [5.74, 6) is 0. The molecule has 0 spiro atoms. The Kier molecular flexibility index (Phi) is 5.55. The predicted octanol–water partition coefficient (Wildman–Crippen LogP) is 5.23. The molecule has 1 saturated carbocycles. The van der Waals surface area contributed by atoms with Gasteiger partial charge in [0.1, 0.15) is 5.69 Å². The molecule has 3 rings (SSSR count). The summed E-state index contributed by atoms with van der Waals surface area (Å²) in [6.07, 6.45) is 5.86. The Hall–Kier alpha value is -1.93. The summed E-state index contributed by atoms with van der Waals surface area (Å²) in [5.41, 5.74) is 1.58. The average molecular weight is 405 g/mol. The van der Waals surface area contributed by atoms with Crippen LogP contribution in [0.15, 0.2) is 18.3 Å². The Morgan fingerprint density at radius 2 is 1.89 bits per heavy atom. The smallest absolute Gasteiger partial charge is 0.293 e. The molecule has 154 valence electrons. The molecule has 2 aromatic rings. The van der Waals surface area contributed by atoms with E-state index in [1.165, 1.54) is 0 Å². The molecule has 1 aromatic carbocycles. The number of aryl methyl sites for hydroxylation is 1. The van der Waals surface area contributed by atoms with Gasteiger partial charge in [0.15, 0.2) is 8.32 Å². The zero-order valence-electron chi connectivity index (χ0n) is 17.8. The van der Waals surface area contributed by atoms with E-state index in [1.54, 1.807) is 16.9 Å². The summed E-state index contributed by atoms with van der Waals surface area (Å²) < 4.78 is 8.30. The van der Waals surface area contributed by atoms with Crippen LogP contribution in [0.5, 0.6) is 0 Å². The van der Waals surface area contributed by atoms with E-state index in [-0.39, 0.29) is 21.7 Å². The number of rotatable bonds is 5. The molecule has 0 unspecified atom stereocenters. The number of nitrogens with one attached hydrogen (secondary N) is 1. The van der Waals surface area contributed by atoms with Gasteiger partial charge >= 0.3 is 0 Å². The number of anilines is 1. The van der Waals surface area contributed by atoms with Crippen LogP contribution in [-0.2, 0) is 11.5 Å². The van der Waals surface area contributed by atoms with Gasteiger partial charge in [0.05, 0.1) is 16.6 Å². The average Bonchev–Trinajstić information content (AvgIpc) is 2.95. The summed E-state index contributed by atoms with van der Waals surface area (Å²) in [6, 6.07) is 3.68. The van der Waals surface area contributed by atoms with Crippen LogP contribution in [0, 0.1) is 10.1 Å². The molecular formula is C20H32N4O3Si. The van der Waals surface area contributed by atoms with Crippen molar-refractivity contribution < 1.29 is 9.35 Å². The molecule has 0 atom stereocenters. The van der Waals surface area contributed by atoms with Gasteiger partial charge in [-0.25, -0.2) is 0 Å². The number of nitro groups is 1. The molecule has 1 aliphatic rings. The van der Waals surface area contributed by atoms with E-state index in [0.29, 0.717) is 11.8 Å². The van der Waals surface area contributed by atoms with Gasteiger partial charge in [0.25, 0.3) is 5.69 Å². The van der Waals surface area contributed by atoms with E-state index in [0.717, 1.165) is 36.6 Å². The molecule has 0 saturated heterocycles. The zero-order valence-corrected chi connectivity index (χ0v) is 18.8.